The fourth-order valence-corrected chi connectivity index (χ4v) is 3.40. The number of nitrogens with two attached hydrogens (primary N) is 1. The summed E-state index contributed by atoms with van der Waals surface area (Å²) in [7, 11) is 1.40. The van der Waals surface area contributed by atoms with E-state index >= 15 is 0 Å². The van der Waals surface area contributed by atoms with Crippen LogP contribution in [0.4, 0.5) is 0 Å². The number of aromatic nitrogens is 1. The van der Waals surface area contributed by atoms with Gasteiger partial charge in [-0.05, 0) is 19.3 Å². The van der Waals surface area contributed by atoms with Crippen molar-refractivity contribution in [3.05, 3.63) is 15.6 Å². The smallest absolute Gasteiger partial charge is 0.350 e. The third-order valence-electron chi connectivity index (χ3n) is 3.38. The van der Waals surface area contributed by atoms with E-state index in [1.165, 1.54) is 18.4 Å². The Balaban J connectivity index is 2.47. The number of esters is 1. The summed E-state index contributed by atoms with van der Waals surface area (Å²) < 4.78 is 4.84. The Morgan fingerprint density at radius 3 is 2.44 bits per heavy atom. The minimum Gasteiger partial charge on any atom is -0.465 e. The van der Waals surface area contributed by atoms with E-state index in [1.54, 1.807) is 0 Å². The summed E-state index contributed by atoms with van der Waals surface area (Å²) in [5.74, 6) is -0.313. The van der Waals surface area contributed by atoms with Gasteiger partial charge in [0.05, 0.1) is 18.3 Å². The quantitative estimate of drug-likeness (QED) is 0.837. The van der Waals surface area contributed by atoms with Crippen LogP contribution in [0.2, 0.25) is 0 Å². The molecule has 0 bridgehead atoms. The lowest BCUT2D eigenvalue weighted by Crippen LogP contribution is -2.43. The number of ether oxygens (including phenoxy) is 1. The van der Waals surface area contributed by atoms with Crippen molar-refractivity contribution in [3.8, 4) is 0 Å². The van der Waals surface area contributed by atoms with Crippen molar-refractivity contribution in [2.75, 3.05) is 7.11 Å². The molecule has 1 aliphatic rings. The second kappa shape index (κ2) is 4.31. The van der Waals surface area contributed by atoms with Gasteiger partial charge in [-0.1, -0.05) is 20.8 Å². The van der Waals surface area contributed by atoms with Gasteiger partial charge in [0.1, 0.15) is 9.88 Å². The highest BCUT2D eigenvalue weighted by Crippen LogP contribution is 2.43. The molecule has 0 spiro atoms. The van der Waals surface area contributed by atoms with Crippen LogP contribution >= 0.6 is 11.3 Å². The second-order valence-electron chi connectivity index (χ2n) is 5.95. The van der Waals surface area contributed by atoms with Crippen LogP contribution in [-0.2, 0) is 15.7 Å². The van der Waals surface area contributed by atoms with Crippen LogP contribution in [0.15, 0.2) is 0 Å². The number of rotatable bonds is 2. The zero-order valence-corrected chi connectivity index (χ0v) is 12.2. The average Bonchev–Trinajstić information content (AvgIpc) is 2.69. The highest BCUT2D eigenvalue weighted by molar-refractivity contribution is 7.13. The van der Waals surface area contributed by atoms with Crippen LogP contribution in [0, 0.1) is 0 Å². The molecule has 0 atom stereocenters. The number of nitrogens with zero attached hydrogens (tertiary/aromatic N) is 1. The number of carbonyl (C=O) groups excluding carboxylic acids is 1. The second-order valence-corrected chi connectivity index (χ2v) is 6.95. The topological polar surface area (TPSA) is 65.2 Å². The molecule has 100 valence electrons. The lowest BCUT2D eigenvalue weighted by Gasteiger charge is -2.36. The van der Waals surface area contributed by atoms with Crippen LogP contribution in [0.1, 0.15) is 60.4 Å². The lowest BCUT2D eigenvalue weighted by molar-refractivity contribution is 0.0603. The van der Waals surface area contributed by atoms with Gasteiger partial charge in [-0.15, -0.1) is 11.3 Å². The van der Waals surface area contributed by atoms with Crippen molar-refractivity contribution in [1.29, 1.82) is 0 Å². The van der Waals surface area contributed by atoms with E-state index < -0.39 is 0 Å². The maximum Gasteiger partial charge on any atom is 0.350 e. The van der Waals surface area contributed by atoms with Gasteiger partial charge >= 0.3 is 5.97 Å². The Labute approximate surface area is 112 Å². The van der Waals surface area contributed by atoms with Gasteiger partial charge in [-0.2, -0.15) is 0 Å². The molecule has 1 fully saturated rings. The van der Waals surface area contributed by atoms with Crippen molar-refractivity contribution in [3.63, 3.8) is 0 Å². The van der Waals surface area contributed by atoms with Crippen LogP contribution in [0.3, 0.4) is 0 Å². The Morgan fingerprint density at radius 1 is 1.44 bits per heavy atom. The van der Waals surface area contributed by atoms with E-state index in [0.717, 1.165) is 30.0 Å². The molecule has 1 heterocycles. The monoisotopic (exact) mass is 268 g/mol. The number of hydrogen-bond donors (Lipinski definition) is 1. The molecule has 1 aromatic rings. The van der Waals surface area contributed by atoms with Gasteiger partial charge < -0.3 is 10.5 Å². The summed E-state index contributed by atoms with van der Waals surface area (Å²) in [6.45, 7) is 6.13. The maximum atomic E-state index is 11.8. The summed E-state index contributed by atoms with van der Waals surface area (Å²) in [6, 6.07) is 0. The number of carbonyl (C=O) groups is 1. The SMILES string of the molecule is COC(=O)c1sc(C2(N)CCC2)nc1C(C)(C)C. The van der Waals surface area contributed by atoms with Crippen molar-refractivity contribution < 1.29 is 9.53 Å². The molecular weight excluding hydrogens is 248 g/mol. The Morgan fingerprint density at radius 2 is 2.06 bits per heavy atom. The number of hydrogen-bond acceptors (Lipinski definition) is 5. The summed E-state index contributed by atoms with van der Waals surface area (Å²) in [4.78, 5) is 17.1. The zero-order chi connectivity index (χ0) is 13.6. The van der Waals surface area contributed by atoms with Crippen LogP contribution in [0.5, 0.6) is 0 Å². The van der Waals surface area contributed by atoms with E-state index in [1.807, 2.05) is 20.8 Å². The predicted molar refractivity (Wildman–Crippen MR) is 71.9 cm³/mol. The molecule has 0 saturated heterocycles. The van der Waals surface area contributed by atoms with Gasteiger partial charge in [0.25, 0.3) is 0 Å². The Bertz CT molecular complexity index is 470. The van der Waals surface area contributed by atoms with Crippen molar-refractivity contribution in [2.24, 2.45) is 5.73 Å². The van der Waals surface area contributed by atoms with E-state index in [4.69, 9.17) is 10.5 Å². The molecule has 0 aliphatic heterocycles. The zero-order valence-electron chi connectivity index (χ0n) is 11.4. The van der Waals surface area contributed by atoms with Crippen molar-refractivity contribution in [1.82, 2.24) is 4.98 Å². The molecule has 1 aromatic heterocycles. The van der Waals surface area contributed by atoms with Crippen molar-refractivity contribution >= 4 is 17.3 Å². The molecule has 2 rings (SSSR count). The predicted octanol–water partition coefficient (Wildman–Crippen LogP) is 2.57. The van der Waals surface area contributed by atoms with Crippen LogP contribution in [-0.4, -0.2) is 18.1 Å². The third kappa shape index (κ3) is 2.17. The summed E-state index contributed by atoms with van der Waals surface area (Å²) in [6.07, 6.45) is 3.03. The van der Waals surface area contributed by atoms with Gasteiger partial charge in [-0.25, -0.2) is 9.78 Å². The molecule has 0 amide bonds. The molecule has 2 N–H and O–H groups in total. The minimum atomic E-state index is -0.322. The minimum absolute atomic E-state index is 0.182. The maximum absolute atomic E-state index is 11.8. The summed E-state index contributed by atoms with van der Waals surface area (Å²) in [5.41, 5.74) is 6.58. The first kappa shape index (κ1) is 13.5. The molecule has 4 nitrogen and oxygen atoms in total. The standard InChI is InChI=1S/C13H20N2O2S/c1-12(2,3)9-8(10(16)17-4)18-11(15-9)13(14)6-5-7-13/h5-7,14H2,1-4H3. The number of methoxy groups -OCH3 is 1. The van der Waals surface area contributed by atoms with Gasteiger partial charge in [0, 0.05) is 5.41 Å². The molecule has 5 heteroatoms. The van der Waals surface area contributed by atoms with Gasteiger partial charge in [0.2, 0.25) is 0 Å². The fraction of sp³-hybridized carbons (Fsp3) is 0.692. The highest BCUT2D eigenvalue weighted by atomic mass is 32.1. The molecule has 0 aromatic carbocycles. The molecule has 0 radical (unpaired) electrons. The van der Waals surface area contributed by atoms with Crippen molar-refractivity contribution in [2.45, 2.75) is 51.0 Å². The van der Waals surface area contributed by atoms with Crippen LogP contribution < -0.4 is 5.73 Å². The average molecular weight is 268 g/mol. The first-order valence-electron chi connectivity index (χ1n) is 6.17. The van der Waals surface area contributed by atoms with E-state index in [2.05, 4.69) is 4.98 Å². The summed E-state index contributed by atoms with van der Waals surface area (Å²) in [5, 5.41) is 0.874. The molecule has 0 unspecified atom stereocenters. The summed E-state index contributed by atoms with van der Waals surface area (Å²) >= 11 is 1.39. The molecular formula is C13H20N2O2S. The van der Waals surface area contributed by atoms with Gasteiger partial charge in [-0.3, -0.25) is 0 Å². The lowest BCUT2D eigenvalue weighted by atomic mass is 9.78. The largest absolute Gasteiger partial charge is 0.465 e. The van der Waals surface area contributed by atoms with Gasteiger partial charge in [0.15, 0.2) is 0 Å². The fourth-order valence-electron chi connectivity index (χ4n) is 2.04. The normalized spacial score (nSPS) is 18.3. The third-order valence-corrected chi connectivity index (χ3v) is 4.64. The first-order valence-corrected chi connectivity index (χ1v) is 6.98. The van der Waals surface area contributed by atoms with E-state index in [9.17, 15) is 4.79 Å². The Hall–Kier alpha value is -0.940. The van der Waals surface area contributed by atoms with E-state index in [-0.39, 0.29) is 16.9 Å². The molecule has 18 heavy (non-hydrogen) atoms. The highest BCUT2D eigenvalue weighted by Gasteiger charge is 2.40. The van der Waals surface area contributed by atoms with E-state index in [0.29, 0.717) is 4.88 Å². The molecule has 1 aliphatic carbocycles. The Kier molecular flexibility index (Phi) is 3.23. The number of thiazole rings is 1. The molecule has 1 saturated carbocycles. The van der Waals surface area contributed by atoms with Crippen LogP contribution in [0.25, 0.3) is 0 Å². The first-order chi connectivity index (χ1) is 8.28.